The van der Waals surface area contributed by atoms with Crippen LogP contribution < -0.4 is 0 Å². The molecule has 1 aromatic heterocycles. The molecule has 0 unspecified atom stereocenters. The zero-order valence-corrected chi connectivity index (χ0v) is 8.99. The molecule has 3 N–H and O–H groups in total. The summed E-state index contributed by atoms with van der Waals surface area (Å²) in [6, 6.07) is 3.51. The molecule has 0 saturated heterocycles. The van der Waals surface area contributed by atoms with Crippen LogP contribution in [0.1, 0.15) is 10.5 Å². The smallest absolute Gasteiger partial charge is 0.353 e. The van der Waals surface area contributed by atoms with E-state index < -0.39 is 11.8 Å². The normalized spacial score (nSPS) is 10.5. The van der Waals surface area contributed by atoms with Crippen LogP contribution in [0.2, 0.25) is 5.02 Å². The van der Waals surface area contributed by atoms with Crippen LogP contribution in [0.25, 0.3) is 11.3 Å². The van der Waals surface area contributed by atoms with Crippen molar-refractivity contribution >= 4 is 17.6 Å². The Balaban J connectivity index is 2.60. The zero-order chi connectivity index (χ0) is 12.6. The molecule has 2 aromatic rings. The fourth-order valence-electron chi connectivity index (χ4n) is 1.34. The largest absolute Gasteiger partial charge is 0.507 e. The Morgan fingerprint density at radius 2 is 2.18 bits per heavy atom. The Kier molecular flexibility index (Phi) is 2.72. The van der Waals surface area contributed by atoms with E-state index in [9.17, 15) is 14.3 Å². The van der Waals surface area contributed by atoms with Crippen LogP contribution >= 0.6 is 11.6 Å². The van der Waals surface area contributed by atoms with E-state index in [0.717, 1.165) is 6.07 Å². The summed E-state index contributed by atoms with van der Waals surface area (Å²) in [7, 11) is 0. The molecule has 0 aliphatic heterocycles. The summed E-state index contributed by atoms with van der Waals surface area (Å²) in [5.41, 5.74) is -0.472. The standard InChI is InChI=1S/C10H6ClFN2O3/c11-4-1-2-7(15)8(9(4)12)5-3-6(10(16)17)14-13-5/h1-3,15H,(H,13,14)(H,16,17). The maximum atomic E-state index is 13.7. The Morgan fingerprint density at radius 3 is 2.76 bits per heavy atom. The maximum absolute atomic E-state index is 13.7. The van der Waals surface area contributed by atoms with E-state index in [2.05, 4.69) is 10.2 Å². The lowest BCUT2D eigenvalue weighted by atomic mass is 10.1. The lowest BCUT2D eigenvalue weighted by molar-refractivity contribution is 0.0690. The number of aromatic hydroxyl groups is 1. The van der Waals surface area contributed by atoms with Gasteiger partial charge in [0.2, 0.25) is 0 Å². The van der Waals surface area contributed by atoms with Crippen molar-refractivity contribution in [2.45, 2.75) is 0 Å². The Morgan fingerprint density at radius 1 is 1.47 bits per heavy atom. The quantitative estimate of drug-likeness (QED) is 0.769. The first-order valence-corrected chi connectivity index (χ1v) is 4.84. The fraction of sp³-hybridized carbons (Fsp3) is 0. The number of hydrogen-bond acceptors (Lipinski definition) is 3. The molecule has 2 rings (SSSR count). The molecule has 1 heterocycles. The van der Waals surface area contributed by atoms with Gasteiger partial charge < -0.3 is 10.2 Å². The molecular formula is C10H6ClFN2O3. The molecule has 0 fully saturated rings. The van der Waals surface area contributed by atoms with Gasteiger partial charge >= 0.3 is 5.97 Å². The lowest BCUT2D eigenvalue weighted by Gasteiger charge is -2.03. The summed E-state index contributed by atoms with van der Waals surface area (Å²) in [5, 5.41) is 23.8. The number of halogens is 2. The van der Waals surface area contributed by atoms with Gasteiger partial charge in [-0.15, -0.1) is 0 Å². The van der Waals surface area contributed by atoms with Gasteiger partial charge in [-0.2, -0.15) is 5.10 Å². The highest BCUT2D eigenvalue weighted by molar-refractivity contribution is 6.31. The summed E-state index contributed by atoms with van der Waals surface area (Å²) in [6.45, 7) is 0. The number of hydrogen-bond donors (Lipinski definition) is 3. The third-order valence-electron chi connectivity index (χ3n) is 2.14. The molecule has 0 amide bonds. The van der Waals surface area contributed by atoms with Gasteiger partial charge in [0.05, 0.1) is 16.3 Å². The molecule has 0 radical (unpaired) electrons. The van der Waals surface area contributed by atoms with Crippen LogP contribution in [-0.2, 0) is 0 Å². The van der Waals surface area contributed by atoms with E-state index in [4.69, 9.17) is 16.7 Å². The van der Waals surface area contributed by atoms with Crippen molar-refractivity contribution in [3.63, 3.8) is 0 Å². The van der Waals surface area contributed by atoms with Gasteiger partial charge in [0.15, 0.2) is 5.82 Å². The minimum atomic E-state index is -1.23. The highest BCUT2D eigenvalue weighted by Crippen LogP contribution is 2.34. The molecule has 7 heteroatoms. The third kappa shape index (κ3) is 1.94. The second-order valence-electron chi connectivity index (χ2n) is 3.23. The fourth-order valence-corrected chi connectivity index (χ4v) is 1.50. The minimum absolute atomic E-state index is 0.0279. The number of aromatic carboxylic acids is 1. The van der Waals surface area contributed by atoms with Crippen molar-refractivity contribution in [3.05, 3.63) is 34.7 Å². The molecular weight excluding hydrogens is 251 g/mol. The zero-order valence-electron chi connectivity index (χ0n) is 8.24. The number of rotatable bonds is 2. The summed E-state index contributed by atoms with van der Waals surface area (Å²) >= 11 is 5.56. The van der Waals surface area contributed by atoms with Crippen LogP contribution in [-0.4, -0.2) is 26.4 Å². The van der Waals surface area contributed by atoms with Gasteiger partial charge in [-0.25, -0.2) is 9.18 Å². The van der Waals surface area contributed by atoms with Crippen molar-refractivity contribution in [1.29, 1.82) is 0 Å². The first-order valence-electron chi connectivity index (χ1n) is 4.46. The first kappa shape index (κ1) is 11.4. The number of aromatic amines is 1. The van der Waals surface area contributed by atoms with E-state index in [1.54, 1.807) is 0 Å². The number of nitrogens with one attached hydrogen (secondary N) is 1. The van der Waals surface area contributed by atoms with E-state index in [0.29, 0.717) is 0 Å². The average Bonchev–Trinajstić information content (AvgIpc) is 2.73. The molecule has 0 aliphatic carbocycles. The number of aromatic nitrogens is 2. The van der Waals surface area contributed by atoms with Crippen LogP contribution in [0.15, 0.2) is 18.2 Å². The van der Waals surface area contributed by atoms with Crippen LogP contribution in [0.3, 0.4) is 0 Å². The Hall–Kier alpha value is -2.08. The van der Waals surface area contributed by atoms with Gasteiger partial charge in [-0.1, -0.05) is 11.6 Å². The average molecular weight is 257 g/mol. The van der Waals surface area contributed by atoms with Crippen molar-refractivity contribution < 1.29 is 19.4 Å². The van der Waals surface area contributed by atoms with E-state index in [-0.39, 0.29) is 27.7 Å². The minimum Gasteiger partial charge on any atom is -0.507 e. The number of carboxylic acid groups (broad SMARTS) is 1. The van der Waals surface area contributed by atoms with Gasteiger partial charge in [0.25, 0.3) is 0 Å². The predicted octanol–water partition coefficient (Wildman–Crippen LogP) is 2.27. The number of carboxylic acids is 1. The molecule has 5 nitrogen and oxygen atoms in total. The molecule has 0 atom stereocenters. The van der Waals surface area contributed by atoms with Gasteiger partial charge in [0, 0.05) is 0 Å². The van der Waals surface area contributed by atoms with E-state index in [1.165, 1.54) is 12.1 Å². The van der Waals surface area contributed by atoms with Crippen molar-refractivity contribution in [2.24, 2.45) is 0 Å². The molecule has 17 heavy (non-hydrogen) atoms. The summed E-state index contributed by atoms with van der Waals surface area (Å²) < 4.78 is 13.7. The number of H-pyrrole nitrogens is 1. The summed E-state index contributed by atoms with van der Waals surface area (Å²) in [4.78, 5) is 10.6. The number of phenols is 1. The van der Waals surface area contributed by atoms with Crippen LogP contribution in [0.4, 0.5) is 4.39 Å². The first-order chi connectivity index (χ1) is 8.00. The third-order valence-corrected chi connectivity index (χ3v) is 2.43. The van der Waals surface area contributed by atoms with Gasteiger partial charge in [-0.05, 0) is 18.2 Å². The van der Waals surface area contributed by atoms with Crippen molar-refractivity contribution in [3.8, 4) is 17.0 Å². The van der Waals surface area contributed by atoms with Crippen molar-refractivity contribution in [1.82, 2.24) is 10.2 Å². The Bertz CT molecular complexity index is 597. The molecule has 0 aliphatic rings. The monoisotopic (exact) mass is 256 g/mol. The van der Waals surface area contributed by atoms with E-state index in [1.807, 2.05) is 0 Å². The second kappa shape index (κ2) is 4.06. The lowest BCUT2D eigenvalue weighted by Crippen LogP contribution is -1.95. The van der Waals surface area contributed by atoms with Gasteiger partial charge in [-0.3, -0.25) is 5.10 Å². The van der Waals surface area contributed by atoms with Gasteiger partial charge in [0.1, 0.15) is 11.4 Å². The summed E-state index contributed by atoms with van der Waals surface area (Å²) in [6.07, 6.45) is 0. The van der Waals surface area contributed by atoms with E-state index >= 15 is 0 Å². The molecule has 0 spiro atoms. The molecule has 1 aromatic carbocycles. The number of benzene rings is 1. The molecule has 0 bridgehead atoms. The predicted molar refractivity (Wildman–Crippen MR) is 57.6 cm³/mol. The van der Waals surface area contributed by atoms with Crippen molar-refractivity contribution in [2.75, 3.05) is 0 Å². The number of phenolic OH excluding ortho intramolecular Hbond substituents is 1. The maximum Gasteiger partial charge on any atom is 0.353 e. The highest BCUT2D eigenvalue weighted by Gasteiger charge is 2.18. The summed E-state index contributed by atoms with van der Waals surface area (Å²) in [5.74, 6) is -2.45. The number of nitrogens with zero attached hydrogens (tertiary/aromatic N) is 1. The molecule has 0 saturated carbocycles. The van der Waals surface area contributed by atoms with Crippen LogP contribution in [0.5, 0.6) is 5.75 Å². The topological polar surface area (TPSA) is 86.2 Å². The Labute approximate surface area is 99.5 Å². The van der Waals surface area contributed by atoms with Crippen LogP contribution in [0, 0.1) is 5.82 Å². The number of carbonyl (C=O) groups is 1. The SMILES string of the molecule is O=C(O)c1cc(-c2c(O)ccc(Cl)c2F)n[nH]1. The second-order valence-corrected chi connectivity index (χ2v) is 3.63. The highest BCUT2D eigenvalue weighted by atomic mass is 35.5. The molecule has 88 valence electrons.